The molecule has 27 heavy (non-hydrogen) atoms. The fourth-order valence-electron chi connectivity index (χ4n) is 3.43. The number of piperazine rings is 1. The molecule has 0 aliphatic carbocycles. The van der Waals surface area contributed by atoms with E-state index in [9.17, 15) is 9.18 Å². The van der Waals surface area contributed by atoms with Gasteiger partial charge in [-0.05, 0) is 31.2 Å². The smallest absolute Gasteiger partial charge is 0.253 e. The molecule has 1 aliphatic rings. The third kappa shape index (κ3) is 3.43. The van der Waals surface area contributed by atoms with Crippen LogP contribution >= 0.6 is 0 Å². The number of carbonyl (C=O) groups excluding carboxylic acids is 1. The van der Waals surface area contributed by atoms with E-state index in [1.165, 1.54) is 6.07 Å². The molecule has 138 valence electrons. The highest BCUT2D eigenvalue weighted by molar-refractivity contribution is 5.94. The third-order valence-corrected chi connectivity index (χ3v) is 4.85. The zero-order valence-electron chi connectivity index (χ0n) is 15.2. The molecule has 2 heterocycles. The maximum atomic E-state index is 14.2. The van der Waals surface area contributed by atoms with Crippen molar-refractivity contribution >= 4 is 11.9 Å². The van der Waals surface area contributed by atoms with Gasteiger partial charge in [-0.3, -0.25) is 9.36 Å². The van der Waals surface area contributed by atoms with Crippen LogP contribution in [0.2, 0.25) is 0 Å². The molecule has 5 nitrogen and oxygen atoms in total. The first-order valence-corrected chi connectivity index (χ1v) is 9.02. The molecule has 0 spiro atoms. The summed E-state index contributed by atoms with van der Waals surface area (Å²) in [6.45, 7) is 4.51. The summed E-state index contributed by atoms with van der Waals surface area (Å²) < 4.78 is 15.9. The predicted molar refractivity (Wildman–Crippen MR) is 103 cm³/mol. The zero-order valence-corrected chi connectivity index (χ0v) is 15.2. The number of amides is 1. The van der Waals surface area contributed by atoms with Gasteiger partial charge >= 0.3 is 0 Å². The summed E-state index contributed by atoms with van der Waals surface area (Å²) in [6.07, 6.45) is 3.43. The highest BCUT2D eigenvalue weighted by atomic mass is 19.1. The van der Waals surface area contributed by atoms with Crippen molar-refractivity contribution < 1.29 is 9.18 Å². The van der Waals surface area contributed by atoms with Crippen LogP contribution in [0.4, 0.5) is 10.3 Å². The van der Waals surface area contributed by atoms with Gasteiger partial charge in [0.15, 0.2) is 0 Å². The number of hydrogen-bond acceptors (Lipinski definition) is 3. The van der Waals surface area contributed by atoms with Crippen LogP contribution in [-0.2, 0) is 0 Å². The average molecular weight is 364 g/mol. The van der Waals surface area contributed by atoms with E-state index in [0.717, 1.165) is 11.1 Å². The zero-order chi connectivity index (χ0) is 18.8. The normalized spacial score (nSPS) is 14.4. The molecule has 4 rings (SSSR count). The van der Waals surface area contributed by atoms with E-state index in [-0.39, 0.29) is 11.7 Å². The van der Waals surface area contributed by atoms with Crippen molar-refractivity contribution in [3.05, 3.63) is 77.9 Å². The SMILES string of the molecule is Cc1cccc(C(=O)N2CCN(c3nccn3-c3ccccc3F)CC2)c1. The molecule has 6 heteroatoms. The number of halogens is 1. The van der Waals surface area contributed by atoms with Gasteiger partial charge in [-0.2, -0.15) is 0 Å². The van der Waals surface area contributed by atoms with Gasteiger partial charge in [0.1, 0.15) is 5.82 Å². The molecule has 0 N–H and O–H groups in total. The van der Waals surface area contributed by atoms with Crippen LogP contribution in [0.5, 0.6) is 0 Å². The molecule has 0 unspecified atom stereocenters. The number of para-hydroxylation sites is 1. The summed E-state index contributed by atoms with van der Waals surface area (Å²) in [5.74, 6) is 0.462. The Labute approximate surface area is 157 Å². The number of anilines is 1. The number of imidazole rings is 1. The van der Waals surface area contributed by atoms with Crippen molar-refractivity contribution in [1.29, 1.82) is 0 Å². The summed E-state index contributed by atoms with van der Waals surface area (Å²) in [6, 6.07) is 14.3. The van der Waals surface area contributed by atoms with Crippen molar-refractivity contribution in [2.45, 2.75) is 6.92 Å². The number of aryl methyl sites for hydroxylation is 1. The fraction of sp³-hybridized carbons (Fsp3) is 0.238. The van der Waals surface area contributed by atoms with E-state index in [1.807, 2.05) is 36.1 Å². The van der Waals surface area contributed by atoms with E-state index in [0.29, 0.717) is 37.8 Å². The minimum atomic E-state index is -0.287. The lowest BCUT2D eigenvalue weighted by Crippen LogP contribution is -2.49. The topological polar surface area (TPSA) is 41.4 Å². The summed E-state index contributed by atoms with van der Waals surface area (Å²) in [4.78, 5) is 21.1. The largest absolute Gasteiger partial charge is 0.338 e. The maximum absolute atomic E-state index is 14.2. The average Bonchev–Trinajstić information content (AvgIpc) is 3.17. The molecule has 0 radical (unpaired) electrons. The molecule has 1 fully saturated rings. The molecular weight excluding hydrogens is 343 g/mol. The van der Waals surface area contributed by atoms with Crippen LogP contribution in [0.1, 0.15) is 15.9 Å². The maximum Gasteiger partial charge on any atom is 0.253 e. The number of hydrogen-bond donors (Lipinski definition) is 0. The molecule has 0 bridgehead atoms. The summed E-state index contributed by atoms with van der Waals surface area (Å²) in [5.41, 5.74) is 2.27. The molecule has 3 aromatic rings. The summed E-state index contributed by atoms with van der Waals surface area (Å²) in [7, 11) is 0. The van der Waals surface area contributed by atoms with Crippen LogP contribution in [0.15, 0.2) is 60.9 Å². The quantitative estimate of drug-likeness (QED) is 0.716. The lowest BCUT2D eigenvalue weighted by atomic mass is 10.1. The Balaban J connectivity index is 1.49. The minimum absolute atomic E-state index is 0.0517. The molecule has 0 atom stereocenters. The molecule has 2 aromatic carbocycles. The first-order chi connectivity index (χ1) is 13.1. The fourth-order valence-corrected chi connectivity index (χ4v) is 3.43. The van der Waals surface area contributed by atoms with Gasteiger partial charge in [-0.1, -0.05) is 29.8 Å². The molecule has 1 amide bonds. The van der Waals surface area contributed by atoms with Gasteiger partial charge in [0.05, 0.1) is 5.69 Å². The van der Waals surface area contributed by atoms with E-state index >= 15 is 0 Å². The molecule has 1 saturated heterocycles. The molecule has 0 saturated carbocycles. The van der Waals surface area contributed by atoms with Crippen molar-refractivity contribution in [3.63, 3.8) is 0 Å². The second-order valence-corrected chi connectivity index (χ2v) is 6.70. The predicted octanol–water partition coefficient (Wildman–Crippen LogP) is 3.28. The minimum Gasteiger partial charge on any atom is -0.338 e. The second-order valence-electron chi connectivity index (χ2n) is 6.70. The Hall–Kier alpha value is -3.15. The van der Waals surface area contributed by atoms with E-state index < -0.39 is 0 Å². The first kappa shape index (κ1) is 17.3. The van der Waals surface area contributed by atoms with Crippen molar-refractivity contribution in [3.8, 4) is 5.69 Å². The number of nitrogens with zero attached hydrogens (tertiary/aromatic N) is 4. The first-order valence-electron chi connectivity index (χ1n) is 9.02. The van der Waals surface area contributed by atoms with Gasteiger partial charge in [-0.15, -0.1) is 0 Å². The van der Waals surface area contributed by atoms with E-state index in [4.69, 9.17) is 0 Å². The van der Waals surface area contributed by atoms with Crippen LogP contribution in [-0.4, -0.2) is 46.5 Å². The van der Waals surface area contributed by atoms with Gasteiger partial charge in [0.25, 0.3) is 5.91 Å². The summed E-state index contributed by atoms with van der Waals surface area (Å²) >= 11 is 0. The van der Waals surface area contributed by atoms with Gasteiger partial charge in [0.2, 0.25) is 5.95 Å². The lowest BCUT2D eigenvalue weighted by Gasteiger charge is -2.35. The Morgan fingerprint density at radius 2 is 1.81 bits per heavy atom. The number of aromatic nitrogens is 2. The second kappa shape index (κ2) is 7.23. The Kier molecular flexibility index (Phi) is 4.62. The van der Waals surface area contributed by atoms with Crippen LogP contribution in [0, 0.1) is 12.7 Å². The molecule has 1 aliphatic heterocycles. The summed E-state index contributed by atoms with van der Waals surface area (Å²) in [5, 5.41) is 0. The van der Waals surface area contributed by atoms with Gasteiger partial charge < -0.3 is 9.80 Å². The Morgan fingerprint density at radius 1 is 1.04 bits per heavy atom. The van der Waals surface area contributed by atoms with Crippen LogP contribution < -0.4 is 4.90 Å². The van der Waals surface area contributed by atoms with Crippen LogP contribution in [0.25, 0.3) is 5.69 Å². The lowest BCUT2D eigenvalue weighted by molar-refractivity contribution is 0.0746. The highest BCUT2D eigenvalue weighted by Crippen LogP contribution is 2.22. The number of benzene rings is 2. The van der Waals surface area contributed by atoms with Crippen molar-refractivity contribution in [2.75, 3.05) is 31.1 Å². The third-order valence-electron chi connectivity index (χ3n) is 4.85. The number of rotatable bonds is 3. The van der Waals surface area contributed by atoms with Gasteiger partial charge in [-0.25, -0.2) is 9.37 Å². The monoisotopic (exact) mass is 364 g/mol. The van der Waals surface area contributed by atoms with E-state index in [2.05, 4.69) is 9.88 Å². The number of carbonyl (C=O) groups is 1. The standard InChI is InChI=1S/C21H21FN4O/c1-16-5-4-6-17(15-16)20(27)24-11-13-25(14-12-24)21-23-9-10-26(21)19-8-3-2-7-18(19)22/h2-10,15H,11-14H2,1H3. The Bertz CT molecular complexity index is 960. The van der Waals surface area contributed by atoms with E-state index in [1.54, 1.807) is 35.2 Å². The molecule has 1 aromatic heterocycles. The Morgan fingerprint density at radius 3 is 2.56 bits per heavy atom. The molecular formula is C21H21FN4O. The van der Waals surface area contributed by atoms with Gasteiger partial charge in [0, 0.05) is 44.1 Å². The highest BCUT2D eigenvalue weighted by Gasteiger charge is 2.25. The van der Waals surface area contributed by atoms with Crippen molar-refractivity contribution in [1.82, 2.24) is 14.5 Å². The van der Waals surface area contributed by atoms with Crippen molar-refractivity contribution in [2.24, 2.45) is 0 Å². The van der Waals surface area contributed by atoms with Crippen LogP contribution in [0.3, 0.4) is 0 Å².